The van der Waals surface area contributed by atoms with Crippen molar-refractivity contribution in [1.29, 1.82) is 0 Å². The second-order valence-electron chi connectivity index (χ2n) is 5.74. The number of hydrogen-bond donors (Lipinski definition) is 1. The van der Waals surface area contributed by atoms with Gasteiger partial charge in [0.25, 0.3) is 5.91 Å². The SMILES string of the molecule is CC[C@@H](C)c1ccccc1NC(=O)[C@@H](C)OC(=O)C1CC1. The zero-order chi connectivity index (χ0) is 15.4. The molecule has 2 rings (SSSR count). The molecule has 4 heteroatoms. The molecule has 0 heterocycles. The van der Waals surface area contributed by atoms with Gasteiger partial charge in [0, 0.05) is 5.69 Å². The number of nitrogens with one attached hydrogen (secondary N) is 1. The van der Waals surface area contributed by atoms with Crippen LogP contribution in [-0.2, 0) is 14.3 Å². The Kier molecular flexibility index (Phi) is 4.99. The quantitative estimate of drug-likeness (QED) is 0.816. The number of esters is 1. The van der Waals surface area contributed by atoms with Crippen LogP contribution >= 0.6 is 0 Å². The van der Waals surface area contributed by atoms with Crippen LogP contribution in [0.3, 0.4) is 0 Å². The van der Waals surface area contributed by atoms with Gasteiger partial charge in [0.15, 0.2) is 6.10 Å². The molecule has 0 saturated heterocycles. The molecule has 4 nitrogen and oxygen atoms in total. The van der Waals surface area contributed by atoms with Crippen molar-refractivity contribution in [2.45, 2.75) is 52.1 Å². The zero-order valence-electron chi connectivity index (χ0n) is 12.9. The number of benzene rings is 1. The number of hydrogen-bond acceptors (Lipinski definition) is 3. The van der Waals surface area contributed by atoms with Gasteiger partial charge in [-0.25, -0.2) is 0 Å². The summed E-state index contributed by atoms with van der Waals surface area (Å²) in [5.41, 5.74) is 1.90. The van der Waals surface area contributed by atoms with Gasteiger partial charge in [-0.2, -0.15) is 0 Å². The Hall–Kier alpha value is -1.84. The number of carbonyl (C=O) groups is 2. The lowest BCUT2D eigenvalue weighted by Gasteiger charge is -2.18. The Labute approximate surface area is 125 Å². The number of carbonyl (C=O) groups excluding carboxylic acids is 2. The highest BCUT2D eigenvalue weighted by atomic mass is 16.5. The standard InChI is InChI=1S/C17H23NO3/c1-4-11(2)14-7-5-6-8-15(14)18-16(19)12(3)21-17(20)13-9-10-13/h5-8,11-13H,4,9-10H2,1-3H3,(H,18,19)/t11-,12-/m1/s1. The molecule has 1 aliphatic rings. The molecule has 1 aromatic carbocycles. The molecule has 1 aliphatic carbocycles. The first-order chi connectivity index (χ1) is 10.0. The Morgan fingerprint density at radius 1 is 1.29 bits per heavy atom. The molecule has 21 heavy (non-hydrogen) atoms. The molecule has 2 atom stereocenters. The van der Waals surface area contributed by atoms with Crippen LogP contribution in [0.25, 0.3) is 0 Å². The molecular formula is C17H23NO3. The van der Waals surface area contributed by atoms with Gasteiger partial charge in [-0.3, -0.25) is 9.59 Å². The van der Waals surface area contributed by atoms with Crippen LogP contribution in [0.4, 0.5) is 5.69 Å². The smallest absolute Gasteiger partial charge is 0.309 e. The highest BCUT2D eigenvalue weighted by Crippen LogP contribution is 2.31. The van der Waals surface area contributed by atoms with E-state index in [0.29, 0.717) is 5.92 Å². The lowest BCUT2D eigenvalue weighted by Crippen LogP contribution is -2.30. The Balaban J connectivity index is 2.00. The molecule has 0 spiro atoms. The van der Waals surface area contributed by atoms with E-state index in [2.05, 4.69) is 19.2 Å². The molecule has 0 aliphatic heterocycles. The molecule has 1 saturated carbocycles. The maximum atomic E-state index is 12.2. The number of amides is 1. The summed E-state index contributed by atoms with van der Waals surface area (Å²) >= 11 is 0. The van der Waals surface area contributed by atoms with Crippen LogP contribution in [0.1, 0.15) is 51.5 Å². The van der Waals surface area contributed by atoms with Crippen molar-refractivity contribution in [3.63, 3.8) is 0 Å². The van der Waals surface area contributed by atoms with Crippen molar-refractivity contribution in [2.24, 2.45) is 5.92 Å². The predicted molar refractivity (Wildman–Crippen MR) is 82.1 cm³/mol. The Morgan fingerprint density at radius 2 is 1.95 bits per heavy atom. The topological polar surface area (TPSA) is 55.4 Å². The van der Waals surface area contributed by atoms with E-state index >= 15 is 0 Å². The molecule has 1 fully saturated rings. The lowest BCUT2D eigenvalue weighted by atomic mass is 9.97. The van der Waals surface area contributed by atoms with Crippen LogP contribution < -0.4 is 5.32 Å². The molecule has 1 N–H and O–H groups in total. The molecule has 0 bridgehead atoms. The number of rotatable bonds is 6. The van der Waals surface area contributed by atoms with Gasteiger partial charge in [0.05, 0.1) is 5.92 Å². The fraction of sp³-hybridized carbons (Fsp3) is 0.529. The molecule has 0 unspecified atom stereocenters. The minimum absolute atomic E-state index is 0.00708. The van der Waals surface area contributed by atoms with Crippen molar-refractivity contribution in [1.82, 2.24) is 0 Å². The van der Waals surface area contributed by atoms with Gasteiger partial charge in [-0.1, -0.05) is 32.0 Å². The van der Waals surface area contributed by atoms with Crippen molar-refractivity contribution in [2.75, 3.05) is 5.32 Å². The zero-order valence-corrected chi connectivity index (χ0v) is 12.9. The van der Waals surface area contributed by atoms with E-state index in [1.54, 1.807) is 6.92 Å². The monoisotopic (exact) mass is 289 g/mol. The van der Waals surface area contributed by atoms with Gasteiger partial charge < -0.3 is 10.1 Å². The minimum Gasteiger partial charge on any atom is -0.452 e. The fourth-order valence-corrected chi connectivity index (χ4v) is 2.14. The average molecular weight is 289 g/mol. The van der Waals surface area contributed by atoms with Crippen molar-refractivity contribution < 1.29 is 14.3 Å². The van der Waals surface area contributed by atoms with E-state index in [0.717, 1.165) is 30.5 Å². The molecule has 114 valence electrons. The van der Waals surface area contributed by atoms with Crippen molar-refractivity contribution >= 4 is 17.6 Å². The Bertz CT molecular complexity index is 523. The molecular weight excluding hydrogens is 266 g/mol. The van der Waals surface area contributed by atoms with E-state index in [1.807, 2.05) is 24.3 Å². The van der Waals surface area contributed by atoms with Crippen LogP contribution in [0.2, 0.25) is 0 Å². The molecule has 0 aromatic heterocycles. The summed E-state index contributed by atoms with van der Waals surface area (Å²) in [5, 5.41) is 2.87. The van der Waals surface area contributed by atoms with Gasteiger partial charge in [-0.15, -0.1) is 0 Å². The van der Waals surface area contributed by atoms with E-state index < -0.39 is 6.10 Å². The normalized spacial score (nSPS) is 16.9. The maximum Gasteiger partial charge on any atom is 0.309 e. The Morgan fingerprint density at radius 3 is 2.57 bits per heavy atom. The summed E-state index contributed by atoms with van der Waals surface area (Å²) in [6.07, 6.45) is 2.00. The minimum atomic E-state index is -0.761. The third-order valence-electron chi connectivity index (χ3n) is 3.93. The van der Waals surface area contributed by atoms with E-state index in [-0.39, 0.29) is 17.8 Å². The summed E-state index contributed by atoms with van der Waals surface area (Å²) in [5.74, 6) is -0.161. The van der Waals surface area contributed by atoms with E-state index in [9.17, 15) is 9.59 Å². The van der Waals surface area contributed by atoms with Crippen molar-refractivity contribution in [3.8, 4) is 0 Å². The van der Waals surface area contributed by atoms with Crippen LogP contribution in [0, 0.1) is 5.92 Å². The number of anilines is 1. The van der Waals surface area contributed by atoms with Crippen LogP contribution in [0.5, 0.6) is 0 Å². The summed E-state index contributed by atoms with van der Waals surface area (Å²) in [6, 6.07) is 7.76. The number of para-hydroxylation sites is 1. The van der Waals surface area contributed by atoms with Gasteiger partial charge in [0.1, 0.15) is 0 Å². The second kappa shape index (κ2) is 6.74. The highest BCUT2D eigenvalue weighted by molar-refractivity contribution is 5.96. The first kappa shape index (κ1) is 15.5. The van der Waals surface area contributed by atoms with Crippen LogP contribution in [-0.4, -0.2) is 18.0 Å². The predicted octanol–water partition coefficient (Wildman–Crippen LogP) is 3.48. The average Bonchev–Trinajstić information content (AvgIpc) is 3.31. The molecule has 0 radical (unpaired) electrons. The summed E-state index contributed by atoms with van der Waals surface area (Å²) < 4.78 is 5.18. The largest absolute Gasteiger partial charge is 0.452 e. The van der Waals surface area contributed by atoms with Gasteiger partial charge in [-0.05, 0) is 43.7 Å². The summed E-state index contributed by atoms with van der Waals surface area (Å²) in [4.78, 5) is 23.8. The fourth-order valence-electron chi connectivity index (χ4n) is 2.14. The van der Waals surface area contributed by atoms with Gasteiger partial charge in [0.2, 0.25) is 0 Å². The van der Waals surface area contributed by atoms with E-state index in [1.165, 1.54) is 0 Å². The van der Waals surface area contributed by atoms with Crippen LogP contribution in [0.15, 0.2) is 24.3 Å². The molecule has 1 aromatic rings. The first-order valence-electron chi connectivity index (χ1n) is 7.63. The highest BCUT2D eigenvalue weighted by Gasteiger charge is 2.33. The second-order valence-corrected chi connectivity index (χ2v) is 5.74. The summed E-state index contributed by atoms with van der Waals surface area (Å²) in [7, 11) is 0. The first-order valence-corrected chi connectivity index (χ1v) is 7.63. The van der Waals surface area contributed by atoms with E-state index in [4.69, 9.17) is 4.74 Å². The molecule has 1 amide bonds. The van der Waals surface area contributed by atoms with Crippen molar-refractivity contribution in [3.05, 3.63) is 29.8 Å². The summed E-state index contributed by atoms with van der Waals surface area (Å²) in [6.45, 7) is 5.85. The third kappa shape index (κ3) is 4.06. The lowest BCUT2D eigenvalue weighted by molar-refractivity contribution is -0.154. The van der Waals surface area contributed by atoms with Gasteiger partial charge >= 0.3 is 5.97 Å². The maximum absolute atomic E-state index is 12.2. The number of ether oxygens (including phenoxy) is 1. The third-order valence-corrected chi connectivity index (χ3v) is 3.93.